The zero-order valence-corrected chi connectivity index (χ0v) is 12.5. The molecule has 1 unspecified atom stereocenters. The average molecular weight is 280 g/mol. The highest BCUT2D eigenvalue weighted by Gasteiger charge is 2.06. The van der Waals surface area contributed by atoms with Crippen molar-refractivity contribution in [2.45, 2.75) is 38.8 Å². The molecule has 0 aliphatic heterocycles. The van der Waals surface area contributed by atoms with Gasteiger partial charge in [0.15, 0.2) is 0 Å². The number of rotatable bonds is 10. The minimum absolute atomic E-state index is 0.279. The Labute approximate surface area is 122 Å². The van der Waals surface area contributed by atoms with Gasteiger partial charge in [-0.2, -0.15) is 0 Å². The summed E-state index contributed by atoms with van der Waals surface area (Å²) in [6, 6.07) is 7.80. The number of hydrogen-bond acceptors (Lipinski definition) is 4. The van der Waals surface area contributed by atoms with Gasteiger partial charge in [0, 0.05) is 12.6 Å². The number of benzene rings is 1. The van der Waals surface area contributed by atoms with E-state index in [1.54, 1.807) is 0 Å². The van der Waals surface area contributed by atoms with E-state index in [2.05, 4.69) is 12.2 Å². The van der Waals surface area contributed by atoms with E-state index >= 15 is 0 Å². The normalized spacial score (nSPS) is 12.4. The third-order valence-electron chi connectivity index (χ3n) is 2.69. The quantitative estimate of drug-likeness (QED) is 0.646. The lowest BCUT2D eigenvalue weighted by molar-refractivity contribution is 0.104. The predicted molar refractivity (Wildman–Crippen MR) is 81.2 cm³/mol. The third kappa shape index (κ3) is 7.36. The van der Waals surface area contributed by atoms with Crippen LogP contribution in [0.15, 0.2) is 24.3 Å². The Kier molecular flexibility index (Phi) is 8.07. The summed E-state index contributed by atoms with van der Waals surface area (Å²) in [4.78, 5) is 0. The summed E-state index contributed by atoms with van der Waals surface area (Å²) in [5.74, 6) is 1.56. The summed E-state index contributed by atoms with van der Waals surface area (Å²) in [5, 5.41) is 12.9. The van der Waals surface area contributed by atoms with Gasteiger partial charge < -0.3 is 19.9 Å². The Morgan fingerprint density at radius 1 is 1.15 bits per heavy atom. The summed E-state index contributed by atoms with van der Waals surface area (Å²) in [7, 11) is 0. The molecule has 0 aromatic heterocycles. The van der Waals surface area contributed by atoms with Gasteiger partial charge in [0.2, 0.25) is 0 Å². The maximum Gasteiger partial charge on any atom is 0.119 e. The fourth-order valence-corrected chi connectivity index (χ4v) is 1.55. The molecular formula is C16H26NO3. The lowest BCUT2D eigenvalue weighted by atomic mass is 10.3. The van der Waals surface area contributed by atoms with Crippen LogP contribution in [-0.2, 0) is 0 Å². The van der Waals surface area contributed by atoms with Crippen LogP contribution in [0.2, 0.25) is 0 Å². The lowest BCUT2D eigenvalue weighted by Crippen LogP contribution is -2.35. The molecule has 0 heterocycles. The molecule has 4 heteroatoms. The summed E-state index contributed by atoms with van der Waals surface area (Å²) >= 11 is 0. The average Bonchev–Trinajstić information content (AvgIpc) is 2.44. The second-order valence-electron chi connectivity index (χ2n) is 5.05. The van der Waals surface area contributed by atoms with Gasteiger partial charge in [-0.3, -0.25) is 0 Å². The highest BCUT2D eigenvalue weighted by molar-refractivity contribution is 5.31. The van der Waals surface area contributed by atoms with Crippen molar-refractivity contribution in [1.82, 2.24) is 5.32 Å². The Morgan fingerprint density at radius 3 is 2.30 bits per heavy atom. The summed E-state index contributed by atoms with van der Waals surface area (Å²) in [5.41, 5.74) is 0. The molecule has 0 saturated carbocycles. The molecule has 1 radical (unpaired) electrons. The van der Waals surface area contributed by atoms with E-state index in [9.17, 15) is 5.11 Å². The van der Waals surface area contributed by atoms with E-state index < -0.39 is 6.10 Å². The number of ether oxygens (including phenoxy) is 2. The number of nitrogens with one attached hydrogen (secondary N) is 1. The fourth-order valence-electron chi connectivity index (χ4n) is 1.55. The van der Waals surface area contributed by atoms with Gasteiger partial charge in [0.05, 0.1) is 6.61 Å². The van der Waals surface area contributed by atoms with Crippen molar-refractivity contribution in [3.63, 3.8) is 0 Å². The van der Waals surface area contributed by atoms with Gasteiger partial charge in [-0.15, -0.1) is 0 Å². The highest BCUT2D eigenvalue weighted by atomic mass is 16.5. The van der Waals surface area contributed by atoms with Crippen molar-refractivity contribution in [3.05, 3.63) is 31.2 Å². The highest BCUT2D eigenvalue weighted by Crippen LogP contribution is 2.17. The van der Waals surface area contributed by atoms with Gasteiger partial charge in [-0.05, 0) is 30.7 Å². The van der Waals surface area contributed by atoms with E-state index in [-0.39, 0.29) is 6.61 Å². The second kappa shape index (κ2) is 9.61. The first-order valence-corrected chi connectivity index (χ1v) is 7.18. The van der Waals surface area contributed by atoms with Crippen LogP contribution in [0.1, 0.15) is 26.7 Å². The van der Waals surface area contributed by atoms with Crippen molar-refractivity contribution >= 4 is 0 Å². The molecule has 1 atom stereocenters. The van der Waals surface area contributed by atoms with Crippen LogP contribution in [0.5, 0.6) is 11.5 Å². The molecule has 1 rings (SSSR count). The molecule has 1 aromatic carbocycles. The molecule has 0 fully saturated rings. The molecule has 113 valence electrons. The molecule has 0 bridgehead atoms. The minimum atomic E-state index is -0.509. The minimum Gasteiger partial charge on any atom is -0.494 e. The molecule has 0 amide bonds. The molecule has 0 saturated heterocycles. The van der Waals surface area contributed by atoms with Crippen LogP contribution in [-0.4, -0.2) is 37.0 Å². The van der Waals surface area contributed by atoms with E-state index in [4.69, 9.17) is 9.47 Å². The Balaban J connectivity index is 2.27. The van der Waals surface area contributed by atoms with Crippen LogP contribution in [0.3, 0.4) is 0 Å². The zero-order valence-electron chi connectivity index (χ0n) is 12.5. The summed E-state index contributed by atoms with van der Waals surface area (Å²) < 4.78 is 11.1. The van der Waals surface area contributed by atoms with Gasteiger partial charge >= 0.3 is 0 Å². The zero-order chi connectivity index (χ0) is 14.8. The molecular weight excluding hydrogens is 254 g/mol. The first kappa shape index (κ1) is 16.8. The molecule has 0 aliphatic rings. The van der Waals surface area contributed by atoms with Gasteiger partial charge in [0.25, 0.3) is 0 Å². The predicted octanol–water partition coefficient (Wildman–Crippen LogP) is 2.42. The molecule has 1 aromatic rings. The third-order valence-corrected chi connectivity index (χ3v) is 2.69. The van der Waals surface area contributed by atoms with Crippen molar-refractivity contribution in [2.75, 3.05) is 19.8 Å². The number of unbranched alkanes of at least 4 members (excludes halogenated alkanes) is 1. The van der Waals surface area contributed by atoms with E-state index in [0.29, 0.717) is 19.2 Å². The van der Waals surface area contributed by atoms with Crippen LogP contribution in [0, 0.1) is 6.92 Å². The molecule has 20 heavy (non-hydrogen) atoms. The lowest BCUT2D eigenvalue weighted by Gasteiger charge is -2.15. The summed E-state index contributed by atoms with van der Waals surface area (Å²) in [6.45, 7) is 9.35. The van der Waals surface area contributed by atoms with Crippen molar-refractivity contribution in [2.24, 2.45) is 0 Å². The largest absolute Gasteiger partial charge is 0.494 e. The maximum absolute atomic E-state index is 9.74. The smallest absolute Gasteiger partial charge is 0.119 e. The Bertz CT molecular complexity index is 351. The van der Waals surface area contributed by atoms with Crippen LogP contribution in [0.4, 0.5) is 0 Å². The molecule has 2 N–H and O–H groups in total. The van der Waals surface area contributed by atoms with E-state index in [1.807, 2.05) is 38.1 Å². The van der Waals surface area contributed by atoms with Gasteiger partial charge in [-0.1, -0.05) is 27.2 Å². The van der Waals surface area contributed by atoms with E-state index in [0.717, 1.165) is 24.3 Å². The first-order chi connectivity index (χ1) is 9.61. The van der Waals surface area contributed by atoms with Crippen LogP contribution < -0.4 is 14.8 Å². The van der Waals surface area contributed by atoms with E-state index in [1.165, 1.54) is 0 Å². The fraction of sp³-hybridized carbons (Fsp3) is 0.562. The first-order valence-electron chi connectivity index (χ1n) is 7.18. The maximum atomic E-state index is 9.74. The topological polar surface area (TPSA) is 50.7 Å². The Hall–Kier alpha value is -1.26. The number of hydrogen-bond donors (Lipinski definition) is 2. The van der Waals surface area contributed by atoms with Crippen LogP contribution in [0.25, 0.3) is 0 Å². The number of aliphatic hydroxyl groups is 1. The Morgan fingerprint density at radius 2 is 1.75 bits per heavy atom. The van der Waals surface area contributed by atoms with Gasteiger partial charge in [-0.25, -0.2) is 0 Å². The molecule has 4 nitrogen and oxygen atoms in total. The summed E-state index contributed by atoms with van der Waals surface area (Å²) in [6.07, 6.45) is 1.32. The SMILES string of the molecule is [CH2]CCCOc1ccc(OCC(O)CNC(C)C)cc1. The van der Waals surface area contributed by atoms with Crippen molar-refractivity contribution < 1.29 is 14.6 Å². The van der Waals surface area contributed by atoms with Gasteiger partial charge in [0.1, 0.15) is 24.2 Å². The second-order valence-corrected chi connectivity index (χ2v) is 5.05. The van der Waals surface area contributed by atoms with Crippen molar-refractivity contribution in [3.8, 4) is 11.5 Å². The van der Waals surface area contributed by atoms with Crippen molar-refractivity contribution in [1.29, 1.82) is 0 Å². The number of aliphatic hydroxyl groups excluding tert-OH is 1. The van der Waals surface area contributed by atoms with Crippen LogP contribution >= 0.6 is 0 Å². The standard InChI is InChI=1S/C16H26NO3/c1-4-5-10-19-15-6-8-16(9-7-15)20-12-14(18)11-17-13(2)3/h6-9,13-14,17-18H,1,4-5,10-12H2,2-3H3. The monoisotopic (exact) mass is 280 g/mol. The molecule has 0 spiro atoms. The molecule has 0 aliphatic carbocycles.